The third kappa shape index (κ3) is 3.33. The first-order valence-electron chi connectivity index (χ1n) is 9.19. The van der Waals surface area contributed by atoms with Gasteiger partial charge in [-0.15, -0.1) is 0 Å². The van der Waals surface area contributed by atoms with Crippen LogP contribution in [0.4, 0.5) is 13.2 Å². The van der Waals surface area contributed by atoms with Crippen LogP contribution in [0.3, 0.4) is 0 Å². The van der Waals surface area contributed by atoms with E-state index in [-0.39, 0.29) is 18.4 Å². The number of nitrogens with one attached hydrogen (secondary N) is 1. The lowest BCUT2D eigenvalue weighted by molar-refractivity contribution is -0.145. The molecule has 0 bridgehead atoms. The molecular formula is C19H26F3N3O. The Hall–Kier alpha value is -1.63. The number of halogens is 3. The van der Waals surface area contributed by atoms with E-state index in [0.29, 0.717) is 30.3 Å². The predicted molar refractivity (Wildman–Crippen MR) is 92.3 cm³/mol. The fraction of sp³-hybridized carbons (Fsp3) is 0.684. The summed E-state index contributed by atoms with van der Waals surface area (Å²) in [7, 11) is 1.91. The van der Waals surface area contributed by atoms with E-state index in [9.17, 15) is 18.0 Å². The van der Waals surface area contributed by atoms with Crippen LogP contribution in [-0.4, -0.2) is 35.4 Å². The largest absolute Gasteiger partial charge is 0.417 e. The van der Waals surface area contributed by atoms with Gasteiger partial charge in [0.1, 0.15) is 0 Å². The molecule has 2 aliphatic rings. The molecule has 0 aromatic carbocycles. The zero-order valence-corrected chi connectivity index (χ0v) is 15.5. The highest BCUT2D eigenvalue weighted by atomic mass is 19.4. The summed E-state index contributed by atoms with van der Waals surface area (Å²) in [5.41, 5.74) is 0.00200. The van der Waals surface area contributed by atoms with Crippen molar-refractivity contribution in [1.29, 1.82) is 0 Å². The monoisotopic (exact) mass is 369 g/mol. The Kier molecular flexibility index (Phi) is 5.03. The number of carbonyl (C=O) groups excluding carboxylic acids is 1. The topological polar surface area (TPSA) is 45.2 Å². The Labute approximate surface area is 152 Å². The van der Waals surface area contributed by atoms with Crippen LogP contribution in [-0.2, 0) is 23.9 Å². The van der Waals surface area contributed by atoms with E-state index in [2.05, 4.69) is 24.1 Å². The molecular weight excluding hydrogens is 343 g/mol. The average molecular weight is 369 g/mol. The molecule has 2 atom stereocenters. The molecule has 4 nitrogen and oxygen atoms in total. The molecule has 3 rings (SSSR count). The van der Waals surface area contributed by atoms with E-state index < -0.39 is 17.2 Å². The molecule has 1 amide bonds. The van der Waals surface area contributed by atoms with Gasteiger partial charge in [-0.25, -0.2) is 0 Å². The average Bonchev–Trinajstić information content (AvgIpc) is 3.05. The van der Waals surface area contributed by atoms with Crippen molar-refractivity contribution in [3.8, 4) is 0 Å². The first-order valence-corrected chi connectivity index (χ1v) is 9.19. The summed E-state index contributed by atoms with van der Waals surface area (Å²) in [6.07, 6.45) is -0.476. The van der Waals surface area contributed by atoms with E-state index in [1.54, 1.807) is 4.90 Å². The maximum Gasteiger partial charge on any atom is 0.417 e. The van der Waals surface area contributed by atoms with Gasteiger partial charge in [0, 0.05) is 37.4 Å². The zero-order valence-electron chi connectivity index (χ0n) is 15.5. The first kappa shape index (κ1) is 19.1. The normalized spacial score (nSPS) is 26.3. The summed E-state index contributed by atoms with van der Waals surface area (Å²) in [5.74, 6) is 0.266. The molecule has 0 saturated heterocycles. The highest BCUT2D eigenvalue weighted by Gasteiger charge is 2.49. The lowest BCUT2D eigenvalue weighted by atomic mass is 9.74. The molecule has 1 saturated carbocycles. The summed E-state index contributed by atoms with van der Waals surface area (Å²) in [6.45, 7) is 4.86. The van der Waals surface area contributed by atoms with E-state index in [1.807, 2.05) is 7.05 Å². The Balaban J connectivity index is 1.84. The van der Waals surface area contributed by atoms with Gasteiger partial charge in [-0.3, -0.25) is 9.78 Å². The van der Waals surface area contributed by atoms with Crippen LogP contribution in [0, 0.1) is 11.3 Å². The summed E-state index contributed by atoms with van der Waals surface area (Å²) in [4.78, 5) is 19.1. The maximum absolute atomic E-state index is 13.4. The van der Waals surface area contributed by atoms with Gasteiger partial charge in [0.15, 0.2) is 0 Å². The van der Waals surface area contributed by atoms with Gasteiger partial charge in [0.25, 0.3) is 0 Å². The van der Waals surface area contributed by atoms with Crippen molar-refractivity contribution in [3.05, 3.63) is 29.1 Å². The Morgan fingerprint density at radius 2 is 2.15 bits per heavy atom. The van der Waals surface area contributed by atoms with Gasteiger partial charge in [0.05, 0.1) is 11.0 Å². The Bertz CT molecular complexity index is 689. The van der Waals surface area contributed by atoms with Gasteiger partial charge < -0.3 is 10.2 Å². The Morgan fingerprint density at radius 1 is 1.42 bits per heavy atom. The standard InChI is InChI=1S/C19H26F3N3O/c1-12(2)18(6-4-15(9-18)23-3)17(26)25-7-5-16-13(11-25)8-14(10-24-16)19(20,21)22/h8,10,12,15,23H,4-7,9,11H2,1-3H3/t15-,18+/m1/s1. The van der Waals surface area contributed by atoms with E-state index in [0.717, 1.165) is 31.5 Å². The quantitative estimate of drug-likeness (QED) is 0.888. The summed E-state index contributed by atoms with van der Waals surface area (Å²) >= 11 is 0. The van der Waals surface area contributed by atoms with Crippen molar-refractivity contribution in [3.63, 3.8) is 0 Å². The van der Waals surface area contributed by atoms with Crippen molar-refractivity contribution in [2.24, 2.45) is 11.3 Å². The molecule has 1 aromatic heterocycles. The molecule has 0 unspecified atom stereocenters. The van der Waals surface area contributed by atoms with Crippen LogP contribution in [0.15, 0.2) is 12.3 Å². The third-order valence-corrected chi connectivity index (χ3v) is 6.14. The van der Waals surface area contributed by atoms with E-state index >= 15 is 0 Å². The maximum atomic E-state index is 13.4. The highest BCUT2D eigenvalue weighted by molar-refractivity contribution is 5.83. The molecule has 1 N–H and O–H groups in total. The molecule has 0 radical (unpaired) electrons. The van der Waals surface area contributed by atoms with Crippen molar-refractivity contribution >= 4 is 5.91 Å². The zero-order chi connectivity index (χ0) is 19.1. The highest BCUT2D eigenvalue weighted by Crippen LogP contribution is 2.46. The smallest absolute Gasteiger partial charge is 0.337 e. The Morgan fingerprint density at radius 3 is 2.73 bits per heavy atom. The van der Waals surface area contributed by atoms with Crippen LogP contribution in [0.5, 0.6) is 0 Å². The second-order valence-corrected chi connectivity index (χ2v) is 7.84. The molecule has 7 heteroatoms. The van der Waals surface area contributed by atoms with Crippen molar-refractivity contribution in [2.75, 3.05) is 13.6 Å². The lowest BCUT2D eigenvalue weighted by Gasteiger charge is -2.39. The van der Waals surface area contributed by atoms with Gasteiger partial charge in [0.2, 0.25) is 5.91 Å². The number of alkyl halides is 3. The van der Waals surface area contributed by atoms with Gasteiger partial charge in [-0.05, 0) is 43.9 Å². The number of nitrogens with zero attached hydrogens (tertiary/aromatic N) is 2. The number of amides is 1. The lowest BCUT2D eigenvalue weighted by Crippen LogP contribution is -2.48. The van der Waals surface area contributed by atoms with Crippen LogP contribution in [0.25, 0.3) is 0 Å². The summed E-state index contributed by atoms with van der Waals surface area (Å²) in [6, 6.07) is 1.46. The van der Waals surface area contributed by atoms with Crippen molar-refractivity contribution in [1.82, 2.24) is 15.2 Å². The minimum absolute atomic E-state index is 0.0771. The van der Waals surface area contributed by atoms with E-state index in [4.69, 9.17) is 0 Å². The molecule has 144 valence electrons. The number of hydrogen-bond acceptors (Lipinski definition) is 3. The number of carbonyl (C=O) groups is 1. The number of hydrogen-bond donors (Lipinski definition) is 1. The minimum Gasteiger partial charge on any atom is -0.337 e. The van der Waals surface area contributed by atoms with Gasteiger partial charge >= 0.3 is 6.18 Å². The third-order valence-electron chi connectivity index (χ3n) is 6.14. The van der Waals surface area contributed by atoms with Crippen molar-refractivity contribution in [2.45, 2.75) is 58.3 Å². The van der Waals surface area contributed by atoms with Gasteiger partial charge in [-0.1, -0.05) is 13.8 Å². The molecule has 1 fully saturated rings. The molecule has 1 aromatic rings. The summed E-state index contributed by atoms with van der Waals surface area (Å²) < 4.78 is 38.9. The molecule has 26 heavy (non-hydrogen) atoms. The predicted octanol–water partition coefficient (Wildman–Crippen LogP) is 3.40. The van der Waals surface area contributed by atoms with Crippen LogP contribution in [0.2, 0.25) is 0 Å². The minimum atomic E-state index is -4.42. The fourth-order valence-electron chi connectivity index (χ4n) is 4.36. The van der Waals surface area contributed by atoms with Crippen LogP contribution < -0.4 is 5.32 Å². The first-order chi connectivity index (χ1) is 12.2. The number of rotatable bonds is 3. The molecule has 1 aliphatic heterocycles. The van der Waals surface area contributed by atoms with Crippen LogP contribution in [0.1, 0.15) is 49.9 Å². The molecule has 0 spiro atoms. The van der Waals surface area contributed by atoms with E-state index in [1.165, 1.54) is 0 Å². The molecule has 2 heterocycles. The van der Waals surface area contributed by atoms with Crippen molar-refractivity contribution < 1.29 is 18.0 Å². The SMILES string of the molecule is CN[C@@H]1CC[C@@](C(=O)N2CCc3ncc(C(F)(F)F)cc3C2)(C(C)C)C1. The molecule has 1 aliphatic carbocycles. The van der Waals surface area contributed by atoms with Gasteiger partial charge in [-0.2, -0.15) is 13.2 Å². The fourth-order valence-corrected chi connectivity index (χ4v) is 4.36. The number of aromatic nitrogens is 1. The number of pyridine rings is 1. The summed E-state index contributed by atoms with van der Waals surface area (Å²) in [5, 5.41) is 3.27. The second-order valence-electron chi connectivity index (χ2n) is 7.84. The number of fused-ring (bicyclic) bond motifs is 1. The second kappa shape index (κ2) is 6.83. The van der Waals surface area contributed by atoms with Crippen LogP contribution >= 0.6 is 0 Å².